The van der Waals surface area contributed by atoms with Crippen molar-refractivity contribution in [2.45, 2.75) is 32.9 Å². The fourth-order valence-electron chi connectivity index (χ4n) is 2.63. The van der Waals surface area contributed by atoms with Crippen LogP contribution < -0.4 is 10.6 Å². The van der Waals surface area contributed by atoms with Crippen molar-refractivity contribution in [2.75, 3.05) is 31.6 Å². The van der Waals surface area contributed by atoms with Crippen LogP contribution in [0.4, 0.5) is 5.69 Å². The highest BCUT2D eigenvalue weighted by Crippen LogP contribution is 2.27. The molecule has 0 aromatic heterocycles. The Bertz CT molecular complexity index is 426. The van der Waals surface area contributed by atoms with Crippen molar-refractivity contribution in [1.29, 1.82) is 0 Å². The molecule has 3 heteroatoms. The van der Waals surface area contributed by atoms with Crippen LogP contribution in [0.15, 0.2) is 18.2 Å². The first-order valence-corrected chi connectivity index (χ1v) is 6.70. The second-order valence-corrected chi connectivity index (χ2v) is 5.99. The molecule has 0 bridgehead atoms. The average molecular weight is 247 g/mol. The molecule has 1 aromatic carbocycles. The van der Waals surface area contributed by atoms with Gasteiger partial charge in [-0.15, -0.1) is 0 Å². The van der Waals surface area contributed by atoms with Crippen LogP contribution in [0.2, 0.25) is 0 Å². The monoisotopic (exact) mass is 247 g/mol. The SMILES string of the molecule is Cc1ccc(N2CCN(C)C(C)(C)C2)c(CN)c1. The average Bonchev–Trinajstić information content (AvgIpc) is 2.32. The zero-order valence-electron chi connectivity index (χ0n) is 12.0. The second-order valence-electron chi connectivity index (χ2n) is 5.99. The van der Waals surface area contributed by atoms with E-state index >= 15 is 0 Å². The van der Waals surface area contributed by atoms with Gasteiger partial charge in [0.05, 0.1) is 0 Å². The van der Waals surface area contributed by atoms with E-state index in [4.69, 9.17) is 5.73 Å². The Hall–Kier alpha value is -1.06. The Kier molecular flexibility index (Phi) is 3.64. The number of rotatable bonds is 2. The van der Waals surface area contributed by atoms with E-state index in [1.165, 1.54) is 16.8 Å². The lowest BCUT2D eigenvalue weighted by Crippen LogP contribution is -2.57. The maximum Gasteiger partial charge on any atom is 0.0413 e. The van der Waals surface area contributed by atoms with Crippen molar-refractivity contribution < 1.29 is 0 Å². The summed E-state index contributed by atoms with van der Waals surface area (Å²) in [7, 11) is 2.20. The molecule has 0 unspecified atom stereocenters. The largest absolute Gasteiger partial charge is 0.368 e. The summed E-state index contributed by atoms with van der Waals surface area (Å²) < 4.78 is 0. The van der Waals surface area contributed by atoms with E-state index in [9.17, 15) is 0 Å². The van der Waals surface area contributed by atoms with Gasteiger partial charge in [-0.2, -0.15) is 0 Å². The van der Waals surface area contributed by atoms with E-state index in [1.807, 2.05) is 0 Å². The molecule has 0 spiro atoms. The van der Waals surface area contributed by atoms with E-state index in [1.54, 1.807) is 0 Å². The predicted octanol–water partition coefficient (Wildman–Crippen LogP) is 1.98. The Balaban J connectivity index is 2.27. The molecular weight excluding hydrogens is 222 g/mol. The van der Waals surface area contributed by atoms with Gasteiger partial charge in [-0.25, -0.2) is 0 Å². The molecule has 1 fully saturated rings. The van der Waals surface area contributed by atoms with Gasteiger partial charge in [0.15, 0.2) is 0 Å². The lowest BCUT2D eigenvalue weighted by molar-refractivity contribution is 0.139. The van der Waals surface area contributed by atoms with Crippen LogP contribution in [0, 0.1) is 6.92 Å². The molecule has 2 rings (SSSR count). The molecule has 18 heavy (non-hydrogen) atoms. The minimum absolute atomic E-state index is 0.217. The minimum Gasteiger partial charge on any atom is -0.368 e. The number of aryl methyl sites for hydroxylation is 1. The molecule has 100 valence electrons. The summed E-state index contributed by atoms with van der Waals surface area (Å²) in [4.78, 5) is 4.90. The topological polar surface area (TPSA) is 32.5 Å². The van der Waals surface area contributed by atoms with Crippen LogP contribution in [0.1, 0.15) is 25.0 Å². The summed E-state index contributed by atoms with van der Waals surface area (Å²) in [5.41, 5.74) is 9.96. The Morgan fingerprint density at radius 3 is 2.61 bits per heavy atom. The third kappa shape index (κ3) is 2.52. The maximum absolute atomic E-state index is 5.88. The molecule has 0 aliphatic carbocycles. The first-order chi connectivity index (χ1) is 8.44. The summed E-state index contributed by atoms with van der Waals surface area (Å²) >= 11 is 0. The number of likely N-dealkylation sites (N-methyl/N-ethyl adjacent to an activating group) is 1. The number of hydrogen-bond donors (Lipinski definition) is 1. The molecule has 2 N–H and O–H groups in total. The van der Waals surface area contributed by atoms with Crippen molar-refractivity contribution in [3.63, 3.8) is 0 Å². The van der Waals surface area contributed by atoms with E-state index in [0.717, 1.165) is 19.6 Å². The third-order valence-electron chi connectivity index (χ3n) is 4.11. The van der Waals surface area contributed by atoms with E-state index < -0.39 is 0 Å². The molecule has 1 aliphatic heterocycles. The highest BCUT2D eigenvalue weighted by molar-refractivity contribution is 5.55. The van der Waals surface area contributed by atoms with Crippen molar-refractivity contribution in [1.82, 2.24) is 4.90 Å². The molecule has 0 radical (unpaired) electrons. The van der Waals surface area contributed by atoms with Crippen LogP contribution >= 0.6 is 0 Å². The molecule has 1 saturated heterocycles. The molecule has 0 saturated carbocycles. The van der Waals surface area contributed by atoms with Crippen LogP contribution in [0.5, 0.6) is 0 Å². The lowest BCUT2D eigenvalue weighted by Gasteiger charge is -2.46. The maximum atomic E-state index is 5.88. The van der Waals surface area contributed by atoms with E-state index in [2.05, 4.69) is 55.8 Å². The van der Waals surface area contributed by atoms with Gasteiger partial charge in [0.2, 0.25) is 0 Å². The predicted molar refractivity (Wildman–Crippen MR) is 78.0 cm³/mol. The van der Waals surface area contributed by atoms with Crippen molar-refractivity contribution in [3.05, 3.63) is 29.3 Å². The zero-order valence-corrected chi connectivity index (χ0v) is 12.0. The Morgan fingerprint density at radius 2 is 2.00 bits per heavy atom. The standard InChI is InChI=1S/C15H25N3/c1-12-5-6-14(13(9-12)10-16)18-8-7-17(4)15(2,3)11-18/h5-6,9H,7-8,10-11,16H2,1-4H3. The summed E-state index contributed by atoms with van der Waals surface area (Å²) in [5.74, 6) is 0. The second kappa shape index (κ2) is 4.90. The highest BCUT2D eigenvalue weighted by Gasteiger charge is 2.31. The fraction of sp³-hybridized carbons (Fsp3) is 0.600. The molecule has 1 heterocycles. The number of nitrogens with two attached hydrogens (primary N) is 1. The normalized spacial score (nSPS) is 20.2. The first kappa shape index (κ1) is 13.4. The van der Waals surface area contributed by atoms with Crippen molar-refractivity contribution in [2.24, 2.45) is 5.73 Å². The lowest BCUT2D eigenvalue weighted by atomic mass is 9.98. The van der Waals surface area contributed by atoms with Gasteiger partial charge in [0, 0.05) is 37.4 Å². The van der Waals surface area contributed by atoms with Gasteiger partial charge in [0.1, 0.15) is 0 Å². The summed E-state index contributed by atoms with van der Waals surface area (Å²) in [6, 6.07) is 6.61. The number of piperazine rings is 1. The van der Waals surface area contributed by atoms with Gasteiger partial charge in [-0.05, 0) is 39.4 Å². The molecular formula is C15H25N3. The van der Waals surface area contributed by atoms with Gasteiger partial charge in [0.25, 0.3) is 0 Å². The fourth-order valence-corrected chi connectivity index (χ4v) is 2.63. The zero-order chi connectivity index (χ0) is 13.3. The number of hydrogen-bond acceptors (Lipinski definition) is 3. The van der Waals surface area contributed by atoms with Gasteiger partial charge in [-0.1, -0.05) is 17.7 Å². The minimum atomic E-state index is 0.217. The van der Waals surface area contributed by atoms with E-state index in [-0.39, 0.29) is 5.54 Å². The van der Waals surface area contributed by atoms with Crippen molar-refractivity contribution in [3.8, 4) is 0 Å². The smallest absolute Gasteiger partial charge is 0.0413 e. The summed E-state index contributed by atoms with van der Waals surface area (Å²) in [6.45, 7) is 10.6. The van der Waals surface area contributed by atoms with Crippen LogP contribution in [-0.4, -0.2) is 37.1 Å². The van der Waals surface area contributed by atoms with E-state index in [0.29, 0.717) is 6.54 Å². The summed E-state index contributed by atoms with van der Waals surface area (Å²) in [6.07, 6.45) is 0. The summed E-state index contributed by atoms with van der Waals surface area (Å²) in [5, 5.41) is 0. The molecule has 1 aromatic rings. The Labute approximate surface area is 111 Å². The van der Waals surface area contributed by atoms with Gasteiger partial charge in [-0.3, -0.25) is 4.90 Å². The number of nitrogens with zero attached hydrogens (tertiary/aromatic N) is 2. The van der Waals surface area contributed by atoms with Crippen LogP contribution in [0.3, 0.4) is 0 Å². The van der Waals surface area contributed by atoms with Crippen molar-refractivity contribution >= 4 is 5.69 Å². The first-order valence-electron chi connectivity index (χ1n) is 6.70. The molecule has 0 amide bonds. The molecule has 1 aliphatic rings. The quantitative estimate of drug-likeness (QED) is 0.867. The Morgan fingerprint density at radius 1 is 1.28 bits per heavy atom. The highest BCUT2D eigenvalue weighted by atomic mass is 15.3. The third-order valence-corrected chi connectivity index (χ3v) is 4.11. The number of anilines is 1. The van der Waals surface area contributed by atoms with Gasteiger partial charge < -0.3 is 10.6 Å². The number of benzene rings is 1. The molecule has 3 nitrogen and oxygen atoms in total. The van der Waals surface area contributed by atoms with Gasteiger partial charge >= 0.3 is 0 Å². The van der Waals surface area contributed by atoms with Crippen LogP contribution in [0.25, 0.3) is 0 Å². The van der Waals surface area contributed by atoms with Crippen LogP contribution in [-0.2, 0) is 6.54 Å². The molecule has 0 atom stereocenters.